The fourth-order valence-electron chi connectivity index (χ4n) is 2.73. The van der Waals surface area contributed by atoms with Crippen LogP contribution in [0.2, 0.25) is 0 Å². The molecule has 0 radical (unpaired) electrons. The van der Waals surface area contributed by atoms with Crippen molar-refractivity contribution in [2.24, 2.45) is 11.8 Å². The summed E-state index contributed by atoms with van der Waals surface area (Å²) in [6, 6.07) is 0. The molecule has 1 N–H and O–H groups in total. The summed E-state index contributed by atoms with van der Waals surface area (Å²) in [6.07, 6.45) is 6.16. The van der Waals surface area contributed by atoms with Crippen molar-refractivity contribution in [1.82, 2.24) is 9.97 Å². The SMILES string of the molecule is COc1ncnc(NCC2CCCCC2C)c1[N+](=O)[O-]. The number of hydrogen-bond acceptors (Lipinski definition) is 6. The highest BCUT2D eigenvalue weighted by Gasteiger charge is 2.26. The number of anilines is 1. The Kier molecular flexibility index (Phi) is 4.70. The second kappa shape index (κ2) is 6.49. The van der Waals surface area contributed by atoms with E-state index in [1.165, 1.54) is 32.7 Å². The van der Waals surface area contributed by atoms with Gasteiger partial charge in [-0.2, -0.15) is 4.98 Å². The predicted molar refractivity (Wildman–Crippen MR) is 74.9 cm³/mol. The lowest BCUT2D eigenvalue weighted by atomic mass is 9.80. The van der Waals surface area contributed by atoms with Gasteiger partial charge in [-0.15, -0.1) is 0 Å². The van der Waals surface area contributed by atoms with E-state index in [1.54, 1.807) is 0 Å². The molecular weight excluding hydrogens is 260 g/mol. The van der Waals surface area contributed by atoms with E-state index in [0.717, 1.165) is 6.42 Å². The summed E-state index contributed by atoms with van der Waals surface area (Å²) >= 11 is 0. The van der Waals surface area contributed by atoms with Gasteiger partial charge in [0.1, 0.15) is 6.33 Å². The third-order valence-electron chi connectivity index (χ3n) is 3.99. The number of aromatic nitrogens is 2. The summed E-state index contributed by atoms with van der Waals surface area (Å²) in [5.74, 6) is 1.40. The molecule has 7 heteroatoms. The normalized spacial score (nSPS) is 22.3. The average Bonchev–Trinajstić information content (AvgIpc) is 2.45. The first kappa shape index (κ1) is 14.5. The van der Waals surface area contributed by atoms with Gasteiger partial charge in [-0.3, -0.25) is 10.1 Å². The van der Waals surface area contributed by atoms with Crippen molar-refractivity contribution >= 4 is 11.5 Å². The first-order valence-corrected chi connectivity index (χ1v) is 6.90. The van der Waals surface area contributed by atoms with Gasteiger partial charge in [0.2, 0.25) is 5.82 Å². The second-order valence-corrected chi connectivity index (χ2v) is 5.24. The Bertz CT molecular complexity index is 481. The smallest absolute Gasteiger partial charge is 0.372 e. The van der Waals surface area contributed by atoms with Crippen LogP contribution >= 0.6 is 0 Å². The van der Waals surface area contributed by atoms with Crippen LogP contribution in [0.3, 0.4) is 0 Å². The zero-order valence-electron chi connectivity index (χ0n) is 11.8. The molecule has 0 aliphatic heterocycles. The molecule has 1 aliphatic rings. The summed E-state index contributed by atoms with van der Waals surface area (Å²) in [6.45, 7) is 2.93. The molecule has 7 nitrogen and oxygen atoms in total. The van der Waals surface area contributed by atoms with Crippen molar-refractivity contribution < 1.29 is 9.66 Å². The quantitative estimate of drug-likeness (QED) is 0.658. The van der Waals surface area contributed by atoms with Gasteiger partial charge in [-0.1, -0.05) is 26.2 Å². The molecule has 0 saturated heterocycles. The zero-order valence-corrected chi connectivity index (χ0v) is 11.8. The van der Waals surface area contributed by atoms with Crippen molar-refractivity contribution in [2.45, 2.75) is 32.6 Å². The maximum Gasteiger partial charge on any atom is 0.372 e. The van der Waals surface area contributed by atoms with E-state index in [-0.39, 0.29) is 17.4 Å². The Morgan fingerprint density at radius 3 is 2.85 bits per heavy atom. The largest absolute Gasteiger partial charge is 0.476 e. The highest BCUT2D eigenvalue weighted by molar-refractivity contribution is 5.61. The average molecular weight is 280 g/mol. The van der Waals surface area contributed by atoms with E-state index in [9.17, 15) is 10.1 Å². The molecule has 1 saturated carbocycles. The van der Waals surface area contributed by atoms with Crippen LogP contribution in [0.25, 0.3) is 0 Å². The molecule has 0 spiro atoms. The number of nitro groups is 1. The van der Waals surface area contributed by atoms with Gasteiger partial charge in [0.25, 0.3) is 5.88 Å². The van der Waals surface area contributed by atoms with Crippen LogP contribution in [0, 0.1) is 22.0 Å². The van der Waals surface area contributed by atoms with Crippen LogP contribution in [-0.2, 0) is 0 Å². The molecule has 110 valence electrons. The van der Waals surface area contributed by atoms with Crippen molar-refractivity contribution in [3.05, 3.63) is 16.4 Å². The molecule has 1 aromatic heterocycles. The number of methoxy groups -OCH3 is 1. The Balaban J connectivity index is 2.10. The minimum Gasteiger partial charge on any atom is -0.476 e. The summed E-state index contributed by atoms with van der Waals surface area (Å²) in [4.78, 5) is 18.4. The lowest BCUT2D eigenvalue weighted by Gasteiger charge is -2.28. The number of ether oxygens (including phenoxy) is 1. The maximum absolute atomic E-state index is 11.1. The van der Waals surface area contributed by atoms with Crippen LogP contribution in [-0.4, -0.2) is 28.5 Å². The molecule has 0 amide bonds. The van der Waals surface area contributed by atoms with Gasteiger partial charge in [-0.25, -0.2) is 4.98 Å². The molecule has 0 bridgehead atoms. The maximum atomic E-state index is 11.1. The Labute approximate surface area is 117 Å². The monoisotopic (exact) mass is 280 g/mol. The van der Waals surface area contributed by atoms with Crippen LogP contribution in [0.1, 0.15) is 32.6 Å². The topological polar surface area (TPSA) is 90.2 Å². The number of nitrogens with zero attached hydrogens (tertiary/aromatic N) is 3. The molecule has 20 heavy (non-hydrogen) atoms. The van der Waals surface area contributed by atoms with E-state index >= 15 is 0 Å². The van der Waals surface area contributed by atoms with Crippen molar-refractivity contribution in [2.75, 3.05) is 19.0 Å². The van der Waals surface area contributed by atoms with Crippen molar-refractivity contribution in [3.63, 3.8) is 0 Å². The predicted octanol–water partition coefficient (Wildman–Crippen LogP) is 2.63. The molecule has 2 atom stereocenters. The lowest BCUT2D eigenvalue weighted by Crippen LogP contribution is -2.25. The van der Waals surface area contributed by atoms with Crippen LogP contribution in [0.4, 0.5) is 11.5 Å². The van der Waals surface area contributed by atoms with Crippen LogP contribution in [0.5, 0.6) is 5.88 Å². The minimum atomic E-state index is -0.508. The molecule has 2 rings (SSSR count). The van der Waals surface area contributed by atoms with Gasteiger partial charge in [0, 0.05) is 6.54 Å². The molecule has 1 aliphatic carbocycles. The fraction of sp³-hybridized carbons (Fsp3) is 0.692. The number of hydrogen-bond donors (Lipinski definition) is 1. The Morgan fingerprint density at radius 1 is 1.45 bits per heavy atom. The summed E-state index contributed by atoms with van der Waals surface area (Å²) < 4.78 is 4.93. The highest BCUT2D eigenvalue weighted by atomic mass is 16.6. The lowest BCUT2D eigenvalue weighted by molar-refractivity contribution is -0.385. The first-order valence-electron chi connectivity index (χ1n) is 6.90. The molecular formula is C13H20N4O3. The third kappa shape index (κ3) is 3.15. The Morgan fingerprint density at radius 2 is 2.20 bits per heavy atom. The number of nitrogens with one attached hydrogen (secondary N) is 1. The zero-order chi connectivity index (χ0) is 14.5. The summed E-state index contributed by atoms with van der Waals surface area (Å²) in [7, 11) is 1.36. The van der Waals surface area contributed by atoms with Gasteiger partial charge >= 0.3 is 5.69 Å². The van der Waals surface area contributed by atoms with Gasteiger partial charge in [0.15, 0.2) is 0 Å². The fourth-order valence-corrected chi connectivity index (χ4v) is 2.73. The van der Waals surface area contributed by atoms with Gasteiger partial charge in [0.05, 0.1) is 12.0 Å². The van der Waals surface area contributed by atoms with E-state index in [1.807, 2.05) is 0 Å². The van der Waals surface area contributed by atoms with Crippen molar-refractivity contribution in [1.29, 1.82) is 0 Å². The second-order valence-electron chi connectivity index (χ2n) is 5.24. The van der Waals surface area contributed by atoms with E-state index < -0.39 is 4.92 Å². The van der Waals surface area contributed by atoms with Gasteiger partial charge < -0.3 is 10.1 Å². The van der Waals surface area contributed by atoms with E-state index in [0.29, 0.717) is 18.4 Å². The highest BCUT2D eigenvalue weighted by Crippen LogP contribution is 2.33. The number of rotatable bonds is 5. The van der Waals surface area contributed by atoms with E-state index in [2.05, 4.69) is 22.2 Å². The van der Waals surface area contributed by atoms with E-state index in [4.69, 9.17) is 4.74 Å². The molecule has 1 heterocycles. The minimum absolute atomic E-state index is 0.0100. The molecule has 0 aromatic carbocycles. The summed E-state index contributed by atoms with van der Waals surface area (Å²) in [5, 5.41) is 14.2. The molecule has 1 aromatic rings. The third-order valence-corrected chi connectivity index (χ3v) is 3.99. The first-order chi connectivity index (χ1) is 9.63. The molecule has 2 unspecified atom stereocenters. The summed E-state index contributed by atoms with van der Waals surface area (Å²) in [5.41, 5.74) is -0.196. The van der Waals surface area contributed by atoms with Gasteiger partial charge in [-0.05, 0) is 18.3 Å². The standard InChI is InChI=1S/C13H20N4O3/c1-9-5-3-4-6-10(9)7-14-12-11(17(18)19)13(20-2)16-8-15-12/h8-10H,3-7H2,1-2H3,(H,14,15,16). The van der Waals surface area contributed by atoms with Crippen LogP contribution in [0.15, 0.2) is 6.33 Å². The van der Waals surface area contributed by atoms with Crippen molar-refractivity contribution in [3.8, 4) is 5.88 Å². The molecule has 1 fully saturated rings. The Hall–Kier alpha value is -1.92. The van der Waals surface area contributed by atoms with Crippen LogP contribution < -0.4 is 10.1 Å².